The smallest absolute Gasteiger partial charge is 0.409 e. The number of amides is 3. The summed E-state index contributed by atoms with van der Waals surface area (Å²) in [7, 11) is 0. The lowest BCUT2D eigenvalue weighted by molar-refractivity contribution is 0.146. The first kappa shape index (κ1) is 18.3. The van der Waals surface area contributed by atoms with Gasteiger partial charge in [0.2, 0.25) is 0 Å². The van der Waals surface area contributed by atoms with E-state index in [0.29, 0.717) is 0 Å². The molecule has 6 nitrogen and oxygen atoms in total. The molecule has 3 amide bonds. The quantitative estimate of drug-likeness (QED) is 0.704. The molecule has 132 valence electrons. The number of benzene rings is 2. The fourth-order valence-electron chi connectivity index (χ4n) is 2.33. The molecule has 2 atom stereocenters. The van der Waals surface area contributed by atoms with E-state index in [0.717, 1.165) is 11.1 Å². The molecule has 0 aliphatic heterocycles. The van der Waals surface area contributed by atoms with E-state index in [4.69, 9.17) is 4.74 Å². The van der Waals surface area contributed by atoms with Gasteiger partial charge in [0.1, 0.15) is 6.17 Å². The second-order valence-corrected chi connectivity index (χ2v) is 5.46. The maximum Gasteiger partial charge on any atom is 0.409 e. The number of hydrogen-bond donors (Lipinski definition) is 3. The van der Waals surface area contributed by atoms with Crippen LogP contribution in [0.1, 0.15) is 37.2 Å². The van der Waals surface area contributed by atoms with Gasteiger partial charge < -0.3 is 15.4 Å². The molecule has 0 heterocycles. The van der Waals surface area contributed by atoms with E-state index >= 15 is 0 Å². The number of hydrogen-bond acceptors (Lipinski definition) is 3. The summed E-state index contributed by atoms with van der Waals surface area (Å²) in [5.41, 5.74) is 1.74. The first-order valence-corrected chi connectivity index (χ1v) is 8.20. The van der Waals surface area contributed by atoms with Crippen LogP contribution in [-0.2, 0) is 4.74 Å². The van der Waals surface area contributed by atoms with Crippen LogP contribution in [0.2, 0.25) is 0 Å². The lowest BCUT2D eigenvalue weighted by Crippen LogP contribution is -2.46. The number of carbonyl (C=O) groups is 2. The molecule has 2 aromatic carbocycles. The molecule has 2 aromatic rings. The van der Waals surface area contributed by atoms with E-state index in [9.17, 15) is 9.59 Å². The van der Waals surface area contributed by atoms with Crippen molar-refractivity contribution in [1.82, 2.24) is 16.0 Å². The molecule has 6 heteroatoms. The number of rotatable bonds is 6. The summed E-state index contributed by atoms with van der Waals surface area (Å²) in [6.45, 7) is 3.87. The van der Waals surface area contributed by atoms with Gasteiger partial charge in [0.05, 0.1) is 12.6 Å². The van der Waals surface area contributed by atoms with Crippen LogP contribution in [0.25, 0.3) is 0 Å². The standard InChI is InChI=1S/C19H23N3O3/c1-3-25-19(24)22-17(16-12-8-5-9-13-16)21-18(23)20-14(2)15-10-6-4-7-11-15/h4-14,17H,3H2,1-2H3,(H,22,24)(H2,20,21,23)/t14-,17+/m1/s1. The van der Waals surface area contributed by atoms with Crippen molar-refractivity contribution in [3.63, 3.8) is 0 Å². The van der Waals surface area contributed by atoms with E-state index in [-0.39, 0.29) is 18.7 Å². The summed E-state index contributed by atoms with van der Waals surface area (Å²) in [6.07, 6.45) is -1.28. The lowest BCUT2D eigenvalue weighted by Gasteiger charge is -2.22. The van der Waals surface area contributed by atoms with E-state index in [2.05, 4.69) is 16.0 Å². The summed E-state index contributed by atoms with van der Waals surface area (Å²) in [5, 5.41) is 8.27. The van der Waals surface area contributed by atoms with Crippen molar-refractivity contribution in [2.24, 2.45) is 0 Å². The molecule has 2 rings (SSSR count). The van der Waals surface area contributed by atoms with Gasteiger partial charge in [-0.05, 0) is 25.0 Å². The highest BCUT2D eigenvalue weighted by Gasteiger charge is 2.18. The molecule has 25 heavy (non-hydrogen) atoms. The van der Waals surface area contributed by atoms with E-state index in [1.165, 1.54) is 0 Å². The Bertz CT molecular complexity index is 677. The second-order valence-electron chi connectivity index (χ2n) is 5.46. The first-order chi connectivity index (χ1) is 12.1. The zero-order valence-corrected chi connectivity index (χ0v) is 14.4. The fraction of sp³-hybridized carbons (Fsp3) is 0.263. The van der Waals surface area contributed by atoms with Gasteiger partial charge in [-0.3, -0.25) is 5.32 Å². The van der Waals surface area contributed by atoms with Crippen molar-refractivity contribution in [3.8, 4) is 0 Å². The van der Waals surface area contributed by atoms with Gasteiger partial charge in [-0.1, -0.05) is 60.7 Å². The summed E-state index contributed by atoms with van der Waals surface area (Å²) >= 11 is 0. The Morgan fingerprint density at radius 2 is 1.44 bits per heavy atom. The fourth-order valence-corrected chi connectivity index (χ4v) is 2.33. The summed E-state index contributed by atoms with van der Waals surface area (Å²) < 4.78 is 4.90. The average molecular weight is 341 g/mol. The zero-order valence-electron chi connectivity index (χ0n) is 14.4. The highest BCUT2D eigenvalue weighted by atomic mass is 16.5. The Kier molecular flexibility index (Phi) is 6.83. The molecule has 0 bridgehead atoms. The van der Waals surface area contributed by atoms with E-state index in [1.807, 2.05) is 67.6 Å². The number of alkyl carbamates (subject to hydrolysis) is 1. The molecular formula is C19H23N3O3. The van der Waals surface area contributed by atoms with Crippen molar-refractivity contribution >= 4 is 12.1 Å². The van der Waals surface area contributed by atoms with E-state index < -0.39 is 12.3 Å². The van der Waals surface area contributed by atoms with Crippen LogP contribution in [0.5, 0.6) is 0 Å². The third-order valence-corrected chi connectivity index (χ3v) is 3.59. The molecule has 3 N–H and O–H groups in total. The SMILES string of the molecule is CCOC(=O)N[C@H](NC(=O)N[C@H](C)c1ccccc1)c1ccccc1. The Hall–Kier alpha value is -3.02. The molecule has 0 fully saturated rings. The minimum absolute atomic E-state index is 0.166. The van der Waals surface area contributed by atoms with Crippen molar-refractivity contribution in [3.05, 3.63) is 71.8 Å². The number of nitrogens with one attached hydrogen (secondary N) is 3. The van der Waals surface area contributed by atoms with Crippen LogP contribution in [0.15, 0.2) is 60.7 Å². The zero-order chi connectivity index (χ0) is 18.1. The largest absolute Gasteiger partial charge is 0.450 e. The second kappa shape index (κ2) is 9.32. The van der Waals surface area contributed by atoms with Gasteiger partial charge in [0.15, 0.2) is 0 Å². The number of carbonyl (C=O) groups excluding carboxylic acids is 2. The lowest BCUT2D eigenvalue weighted by atomic mass is 10.1. The maximum atomic E-state index is 12.3. The van der Waals surface area contributed by atoms with Crippen molar-refractivity contribution < 1.29 is 14.3 Å². The van der Waals surface area contributed by atoms with Crippen molar-refractivity contribution in [1.29, 1.82) is 0 Å². The molecule has 0 spiro atoms. The van der Waals surface area contributed by atoms with Crippen molar-refractivity contribution in [2.75, 3.05) is 6.61 Å². The molecule has 0 aromatic heterocycles. The third kappa shape index (κ3) is 5.84. The topological polar surface area (TPSA) is 79.5 Å². The summed E-state index contributed by atoms with van der Waals surface area (Å²) in [5.74, 6) is 0. The van der Waals surface area contributed by atoms with Crippen LogP contribution in [0.4, 0.5) is 9.59 Å². The van der Waals surface area contributed by atoms with E-state index in [1.54, 1.807) is 6.92 Å². The van der Waals surface area contributed by atoms with Gasteiger partial charge in [-0.15, -0.1) is 0 Å². The highest BCUT2D eigenvalue weighted by Crippen LogP contribution is 2.13. The summed E-state index contributed by atoms with van der Waals surface area (Å²) in [6, 6.07) is 18.3. The third-order valence-electron chi connectivity index (χ3n) is 3.59. The molecular weight excluding hydrogens is 318 g/mol. The molecule has 0 saturated heterocycles. The Balaban J connectivity index is 2.02. The average Bonchev–Trinajstić information content (AvgIpc) is 2.63. The van der Waals surface area contributed by atoms with Crippen LogP contribution < -0.4 is 16.0 Å². The molecule has 0 saturated carbocycles. The molecule has 0 aliphatic rings. The Morgan fingerprint density at radius 1 is 0.880 bits per heavy atom. The van der Waals surface area contributed by atoms with Crippen LogP contribution in [0.3, 0.4) is 0 Å². The van der Waals surface area contributed by atoms with Crippen molar-refractivity contribution in [2.45, 2.75) is 26.1 Å². The minimum Gasteiger partial charge on any atom is -0.450 e. The van der Waals surface area contributed by atoms with Gasteiger partial charge in [0.25, 0.3) is 0 Å². The maximum absolute atomic E-state index is 12.3. The predicted molar refractivity (Wildman–Crippen MR) is 95.9 cm³/mol. The number of urea groups is 1. The highest BCUT2D eigenvalue weighted by molar-refractivity contribution is 5.76. The summed E-state index contributed by atoms with van der Waals surface area (Å²) in [4.78, 5) is 24.1. The van der Waals surface area contributed by atoms with Gasteiger partial charge in [0, 0.05) is 0 Å². The normalized spacial score (nSPS) is 12.6. The molecule has 0 aliphatic carbocycles. The molecule has 0 radical (unpaired) electrons. The Labute approximate surface area is 147 Å². The first-order valence-electron chi connectivity index (χ1n) is 8.20. The van der Waals surface area contributed by atoms with Gasteiger partial charge in [-0.25, -0.2) is 9.59 Å². The predicted octanol–water partition coefficient (Wildman–Crippen LogP) is 3.49. The van der Waals surface area contributed by atoms with Crippen LogP contribution >= 0.6 is 0 Å². The van der Waals surface area contributed by atoms with Crippen LogP contribution in [-0.4, -0.2) is 18.7 Å². The van der Waals surface area contributed by atoms with Gasteiger partial charge in [-0.2, -0.15) is 0 Å². The number of ether oxygens (including phenoxy) is 1. The minimum atomic E-state index is -0.691. The molecule has 0 unspecified atom stereocenters. The van der Waals surface area contributed by atoms with Gasteiger partial charge >= 0.3 is 12.1 Å². The monoisotopic (exact) mass is 341 g/mol. The van der Waals surface area contributed by atoms with Crippen LogP contribution in [0, 0.1) is 0 Å². The Morgan fingerprint density at radius 3 is 2.00 bits per heavy atom.